The molecule has 2 atom stereocenters. The smallest absolute Gasteiger partial charge is 0.00770 e. The maximum absolute atomic E-state index is 2.60. The first-order chi connectivity index (χ1) is 9.34. The number of hydrogen-bond donors (Lipinski definition) is 0. The summed E-state index contributed by atoms with van der Waals surface area (Å²) in [5.41, 5.74) is 6.34. The molecule has 0 saturated heterocycles. The third kappa shape index (κ3) is 2.11. The van der Waals surface area contributed by atoms with E-state index in [0.717, 1.165) is 11.8 Å². The van der Waals surface area contributed by atoms with Gasteiger partial charge in [-0.05, 0) is 66.8 Å². The summed E-state index contributed by atoms with van der Waals surface area (Å²) < 4.78 is 0. The molecule has 3 rings (SSSR count). The van der Waals surface area contributed by atoms with Crippen LogP contribution in [0.1, 0.15) is 79.6 Å². The first-order valence-corrected chi connectivity index (χ1v) is 8.77. The highest BCUT2D eigenvalue weighted by atomic mass is 14.5. The minimum atomic E-state index is 0.508. The van der Waals surface area contributed by atoms with Crippen molar-refractivity contribution in [2.45, 2.75) is 79.6 Å². The molecule has 0 amide bonds. The standard InChI is InChI=1S/C20H32/c1-14(2)15-7-9-17-16(13-15)8-10-18-19(3,4)11-6-12-20(17,18)5/h13-14,18H,6-12H2,1-5H3/t18?,20-/m1/s1. The highest BCUT2D eigenvalue weighted by molar-refractivity contribution is 5.40. The fourth-order valence-electron chi connectivity index (χ4n) is 5.64. The molecule has 3 aliphatic carbocycles. The summed E-state index contributed by atoms with van der Waals surface area (Å²) in [6.07, 6.45) is 12.3. The van der Waals surface area contributed by atoms with Gasteiger partial charge in [0.2, 0.25) is 0 Å². The lowest BCUT2D eigenvalue weighted by Crippen LogP contribution is -2.45. The highest BCUT2D eigenvalue weighted by Crippen LogP contribution is 2.61. The first kappa shape index (κ1) is 14.4. The minimum absolute atomic E-state index is 0.508. The van der Waals surface area contributed by atoms with Crippen LogP contribution in [0.3, 0.4) is 0 Å². The Balaban J connectivity index is 2.00. The van der Waals surface area contributed by atoms with E-state index in [1.165, 1.54) is 44.9 Å². The number of hydrogen-bond acceptors (Lipinski definition) is 0. The van der Waals surface area contributed by atoms with E-state index < -0.39 is 0 Å². The van der Waals surface area contributed by atoms with Gasteiger partial charge < -0.3 is 0 Å². The van der Waals surface area contributed by atoms with E-state index in [4.69, 9.17) is 0 Å². The van der Waals surface area contributed by atoms with Crippen LogP contribution in [0.15, 0.2) is 22.8 Å². The van der Waals surface area contributed by atoms with E-state index in [-0.39, 0.29) is 0 Å². The number of rotatable bonds is 1. The zero-order valence-corrected chi connectivity index (χ0v) is 14.2. The second-order valence-corrected chi connectivity index (χ2v) is 8.73. The Morgan fingerprint density at radius 2 is 1.80 bits per heavy atom. The molecule has 1 fully saturated rings. The van der Waals surface area contributed by atoms with Crippen molar-refractivity contribution in [1.82, 2.24) is 0 Å². The van der Waals surface area contributed by atoms with Gasteiger partial charge >= 0.3 is 0 Å². The van der Waals surface area contributed by atoms with Crippen molar-refractivity contribution in [3.8, 4) is 0 Å². The van der Waals surface area contributed by atoms with Gasteiger partial charge in [0.05, 0.1) is 0 Å². The molecular formula is C20H32. The van der Waals surface area contributed by atoms with Gasteiger partial charge in [-0.25, -0.2) is 0 Å². The second kappa shape index (κ2) is 4.75. The Hall–Kier alpha value is -0.520. The van der Waals surface area contributed by atoms with E-state index >= 15 is 0 Å². The van der Waals surface area contributed by atoms with E-state index in [1.807, 2.05) is 5.57 Å². The molecule has 0 aliphatic heterocycles. The van der Waals surface area contributed by atoms with Crippen LogP contribution in [-0.2, 0) is 0 Å². The molecule has 112 valence electrons. The van der Waals surface area contributed by atoms with Crippen LogP contribution in [0.5, 0.6) is 0 Å². The summed E-state index contributed by atoms with van der Waals surface area (Å²) in [5.74, 6) is 1.65. The normalized spacial score (nSPS) is 36.5. The van der Waals surface area contributed by atoms with Crippen LogP contribution in [-0.4, -0.2) is 0 Å². The van der Waals surface area contributed by atoms with E-state index in [0.29, 0.717) is 10.8 Å². The van der Waals surface area contributed by atoms with Crippen LogP contribution in [0.25, 0.3) is 0 Å². The SMILES string of the molecule is CC(C)C1=CC2=C(CC1)[C@@]1(C)CCCC(C)(C)C1CC2. The predicted molar refractivity (Wildman–Crippen MR) is 87.6 cm³/mol. The van der Waals surface area contributed by atoms with Gasteiger partial charge in [0, 0.05) is 0 Å². The van der Waals surface area contributed by atoms with Gasteiger partial charge in [0.25, 0.3) is 0 Å². The molecule has 0 heteroatoms. The maximum atomic E-state index is 2.60. The Morgan fingerprint density at radius 3 is 2.50 bits per heavy atom. The largest absolute Gasteiger partial charge is 0.0671 e. The zero-order chi connectivity index (χ0) is 14.5. The molecule has 0 N–H and O–H groups in total. The van der Waals surface area contributed by atoms with E-state index in [2.05, 4.69) is 40.7 Å². The van der Waals surface area contributed by atoms with Gasteiger partial charge in [0.15, 0.2) is 0 Å². The van der Waals surface area contributed by atoms with Crippen LogP contribution < -0.4 is 0 Å². The van der Waals surface area contributed by atoms with Crippen molar-refractivity contribution in [2.75, 3.05) is 0 Å². The summed E-state index contributed by atoms with van der Waals surface area (Å²) in [4.78, 5) is 0. The van der Waals surface area contributed by atoms with Crippen molar-refractivity contribution in [3.05, 3.63) is 22.8 Å². The Bertz CT molecular complexity index is 460. The minimum Gasteiger partial charge on any atom is -0.0671 e. The number of fused-ring (bicyclic) bond motifs is 2. The summed E-state index contributed by atoms with van der Waals surface area (Å²) in [5, 5.41) is 0. The van der Waals surface area contributed by atoms with Crippen LogP contribution in [0.4, 0.5) is 0 Å². The van der Waals surface area contributed by atoms with E-state index in [1.54, 1.807) is 11.1 Å². The predicted octanol–water partition coefficient (Wildman–Crippen LogP) is 6.29. The van der Waals surface area contributed by atoms with Gasteiger partial charge in [-0.3, -0.25) is 0 Å². The molecule has 0 heterocycles. The third-order valence-electron chi connectivity index (χ3n) is 6.77. The molecule has 1 saturated carbocycles. The molecule has 0 aromatic rings. The lowest BCUT2D eigenvalue weighted by atomic mass is 9.49. The Labute approximate surface area is 125 Å². The Kier molecular flexibility index (Phi) is 3.42. The topological polar surface area (TPSA) is 0 Å². The van der Waals surface area contributed by atoms with Crippen LogP contribution in [0.2, 0.25) is 0 Å². The van der Waals surface area contributed by atoms with Gasteiger partial charge in [-0.2, -0.15) is 0 Å². The molecule has 0 radical (unpaired) electrons. The molecule has 0 aromatic heterocycles. The fraction of sp³-hybridized carbons (Fsp3) is 0.800. The molecule has 0 aromatic carbocycles. The van der Waals surface area contributed by atoms with Crippen molar-refractivity contribution >= 4 is 0 Å². The molecule has 20 heavy (non-hydrogen) atoms. The molecule has 0 spiro atoms. The second-order valence-electron chi connectivity index (χ2n) is 8.73. The Morgan fingerprint density at radius 1 is 1.05 bits per heavy atom. The first-order valence-electron chi connectivity index (χ1n) is 8.77. The van der Waals surface area contributed by atoms with Crippen molar-refractivity contribution in [1.29, 1.82) is 0 Å². The van der Waals surface area contributed by atoms with E-state index in [9.17, 15) is 0 Å². The average Bonchev–Trinajstić information content (AvgIpc) is 2.37. The molecular weight excluding hydrogens is 240 g/mol. The van der Waals surface area contributed by atoms with Gasteiger partial charge in [-0.15, -0.1) is 0 Å². The molecule has 0 bridgehead atoms. The third-order valence-corrected chi connectivity index (χ3v) is 6.77. The monoisotopic (exact) mass is 272 g/mol. The lowest BCUT2D eigenvalue weighted by molar-refractivity contribution is 0.0106. The maximum Gasteiger partial charge on any atom is -0.00770 e. The number of allylic oxidation sites excluding steroid dienone is 4. The highest BCUT2D eigenvalue weighted by Gasteiger charge is 2.50. The summed E-state index contributed by atoms with van der Waals surface area (Å²) in [6, 6.07) is 0. The van der Waals surface area contributed by atoms with Gasteiger partial charge in [-0.1, -0.05) is 58.3 Å². The summed E-state index contributed by atoms with van der Waals surface area (Å²) >= 11 is 0. The van der Waals surface area contributed by atoms with Gasteiger partial charge in [0.1, 0.15) is 0 Å². The van der Waals surface area contributed by atoms with Crippen LogP contribution >= 0.6 is 0 Å². The fourth-order valence-corrected chi connectivity index (χ4v) is 5.64. The molecule has 0 nitrogen and oxygen atoms in total. The van der Waals surface area contributed by atoms with Crippen molar-refractivity contribution in [2.24, 2.45) is 22.7 Å². The average molecular weight is 272 g/mol. The molecule has 1 unspecified atom stereocenters. The quantitative estimate of drug-likeness (QED) is 0.526. The summed E-state index contributed by atoms with van der Waals surface area (Å²) in [7, 11) is 0. The van der Waals surface area contributed by atoms with Crippen LogP contribution in [0, 0.1) is 22.7 Å². The zero-order valence-electron chi connectivity index (χ0n) is 14.2. The lowest BCUT2D eigenvalue weighted by Gasteiger charge is -2.56. The van der Waals surface area contributed by atoms with Crippen molar-refractivity contribution < 1.29 is 0 Å². The molecule has 3 aliphatic rings. The van der Waals surface area contributed by atoms with Crippen molar-refractivity contribution in [3.63, 3.8) is 0 Å². The summed E-state index contributed by atoms with van der Waals surface area (Å²) in [6.45, 7) is 12.4.